The SMILES string of the molecule is CNCc1nc(-c2c(F)cccc2Cl)n[nH]1. The minimum atomic E-state index is -0.428. The first kappa shape index (κ1) is 11.0. The number of nitrogens with zero attached hydrogens (tertiary/aromatic N) is 2. The summed E-state index contributed by atoms with van der Waals surface area (Å²) in [4.78, 5) is 4.14. The third kappa shape index (κ3) is 2.05. The lowest BCUT2D eigenvalue weighted by Gasteiger charge is -1.99. The number of halogens is 2. The first-order chi connectivity index (χ1) is 7.72. The largest absolute Gasteiger partial charge is 0.313 e. The lowest BCUT2D eigenvalue weighted by Crippen LogP contribution is -2.06. The van der Waals surface area contributed by atoms with Crippen molar-refractivity contribution in [3.8, 4) is 11.4 Å². The van der Waals surface area contributed by atoms with E-state index in [1.807, 2.05) is 0 Å². The molecule has 0 saturated carbocycles. The van der Waals surface area contributed by atoms with Gasteiger partial charge in [0.2, 0.25) is 0 Å². The minimum absolute atomic E-state index is 0.225. The van der Waals surface area contributed by atoms with Gasteiger partial charge in [0, 0.05) is 0 Å². The zero-order valence-corrected chi connectivity index (χ0v) is 9.35. The molecule has 0 amide bonds. The molecule has 6 heteroatoms. The molecule has 0 aliphatic heterocycles. The molecule has 0 unspecified atom stereocenters. The quantitative estimate of drug-likeness (QED) is 0.863. The Morgan fingerprint density at radius 2 is 2.31 bits per heavy atom. The van der Waals surface area contributed by atoms with Crippen molar-refractivity contribution in [2.45, 2.75) is 6.54 Å². The second kappa shape index (κ2) is 4.59. The van der Waals surface area contributed by atoms with Crippen LogP contribution in [0.15, 0.2) is 18.2 Å². The fourth-order valence-electron chi connectivity index (χ4n) is 1.37. The van der Waals surface area contributed by atoms with Crippen LogP contribution in [-0.4, -0.2) is 22.2 Å². The van der Waals surface area contributed by atoms with Gasteiger partial charge in [-0.15, -0.1) is 0 Å². The molecule has 1 heterocycles. The maximum absolute atomic E-state index is 13.5. The van der Waals surface area contributed by atoms with E-state index in [0.717, 1.165) is 0 Å². The van der Waals surface area contributed by atoms with Gasteiger partial charge in [0.1, 0.15) is 11.6 Å². The van der Waals surface area contributed by atoms with Crippen molar-refractivity contribution in [2.24, 2.45) is 0 Å². The van der Waals surface area contributed by atoms with Gasteiger partial charge >= 0.3 is 0 Å². The maximum atomic E-state index is 13.5. The van der Waals surface area contributed by atoms with E-state index >= 15 is 0 Å². The van der Waals surface area contributed by atoms with Crippen LogP contribution in [0.2, 0.25) is 5.02 Å². The van der Waals surface area contributed by atoms with Crippen molar-refractivity contribution < 1.29 is 4.39 Å². The van der Waals surface area contributed by atoms with Crippen molar-refractivity contribution in [1.29, 1.82) is 0 Å². The Labute approximate surface area is 96.9 Å². The molecule has 2 aromatic rings. The summed E-state index contributed by atoms with van der Waals surface area (Å²) in [6, 6.07) is 4.48. The second-order valence-corrected chi connectivity index (χ2v) is 3.64. The highest BCUT2D eigenvalue weighted by Gasteiger charge is 2.14. The van der Waals surface area contributed by atoms with Gasteiger partial charge in [-0.2, -0.15) is 5.10 Å². The van der Waals surface area contributed by atoms with E-state index < -0.39 is 5.82 Å². The Bertz CT molecular complexity index is 477. The molecule has 0 radical (unpaired) electrons. The van der Waals surface area contributed by atoms with Gasteiger partial charge in [-0.1, -0.05) is 17.7 Å². The summed E-state index contributed by atoms with van der Waals surface area (Å²) >= 11 is 5.90. The lowest BCUT2D eigenvalue weighted by molar-refractivity contribution is 0.630. The van der Waals surface area contributed by atoms with Gasteiger partial charge in [-0.05, 0) is 19.2 Å². The van der Waals surface area contributed by atoms with E-state index in [-0.39, 0.29) is 11.4 Å². The number of hydrogen-bond donors (Lipinski definition) is 2. The topological polar surface area (TPSA) is 53.6 Å². The molecule has 0 aliphatic carbocycles. The van der Waals surface area contributed by atoms with Crippen LogP contribution in [0, 0.1) is 5.82 Å². The summed E-state index contributed by atoms with van der Waals surface area (Å²) < 4.78 is 13.5. The number of benzene rings is 1. The Kier molecular flexibility index (Phi) is 3.17. The molecule has 0 bridgehead atoms. The Hall–Kier alpha value is -1.46. The summed E-state index contributed by atoms with van der Waals surface area (Å²) in [6.07, 6.45) is 0. The van der Waals surface area contributed by atoms with Gasteiger partial charge in [0.05, 0.1) is 17.1 Å². The van der Waals surface area contributed by atoms with Crippen LogP contribution < -0.4 is 5.32 Å². The highest BCUT2D eigenvalue weighted by Crippen LogP contribution is 2.27. The molecule has 84 valence electrons. The molecule has 2 N–H and O–H groups in total. The van der Waals surface area contributed by atoms with Crippen molar-refractivity contribution in [1.82, 2.24) is 20.5 Å². The van der Waals surface area contributed by atoms with Crippen LogP contribution in [0.1, 0.15) is 5.82 Å². The molecule has 0 spiro atoms. The van der Waals surface area contributed by atoms with Crippen molar-refractivity contribution >= 4 is 11.6 Å². The van der Waals surface area contributed by atoms with Crippen molar-refractivity contribution in [2.75, 3.05) is 7.05 Å². The van der Waals surface area contributed by atoms with Crippen molar-refractivity contribution in [3.63, 3.8) is 0 Å². The van der Waals surface area contributed by atoms with Gasteiger partial charge < -0.3 is 5.32 Å². The Morgan fingerprint density at radius 1 is 1.50 bits per heavy atom. The van der Waals surface area contributed by atoms with Gasteiger partial charge in [0.25, 0.3) is 0 Å². The predicted octanol–water partition coefficient (Wildman–Crippen LogP) is 1.98. The molecule has 2 rings (SSSR count). The van der Waals surface area contributed by atoms with Gasteiger partial charge in [0.15, 0.2) is 5.82 Å². The zero-order chi connectivity index (χ0) is 11.5. The molecule has 0 fully saturated rings. The van der Waals surface area contributed by atoms with E-state index in [9.17, 15) is 4.39 Å². The normalized spacial score (nSPS) is 10.7. The molecule has 16 heavy (non-hydrogen) atoms. The highest BCUT2D eigenvalue weighted by molar-refractivity contribution is 6.33. The molecule has 1 aromatic carbocycles. The van der Waals surface area contributed by atoms with E-state index in [0.29, 0.717) is 17.4 Å². The van der Waals surface area contributed by atoms with E-state index in [2.05, 4.69) is 20.5 Å². The lowest BCUT2D eigenvalue weighted by atomic mass is 10.2. The predicted molar refractivity (Wildman–Crippen MR) is 59.6 cm³/mol. The average molecular weight is 241 g/mol. The van der Waals surface area contributed by atoms with Gasteiger partial charge in [-0.25, -0.2) is 9.37 Å². The standard InChI is InChI=1S/C10H10ClFN4/c1-13-5-8-14-10(16-15-8)9-6(11)3-2-4-7(9)12/h2-4,13H,5H2,1H3,(H,14,15,16). The zero-order valence-electron chi connectivity index (χ0n) is 8.59. The first-order valence-electron chi connectivity index (χ1n) is 4.72. The Morgan fingerprint density at radius 3 is 3.00 bits per heavy atom. The number of H-pyrrole nitrogens is 1. The van der Waals surface area contributed by atoms with Crippen molar-refractivity contribution in [3.05, 3.63) is 34.9 Å². The van der Waals surface area contributed by atoms with Crippen LogP contribution in [-0.2, 0) is 6.54 Å². The molecular weight excluding hydrogens is 231 g/mol. The van der Waals surface area contributed by atoms with Crippen LogP contribution >= 0.6 is 11.6 Å². The molecule has 0 aliphatic rings. The van der Waals surface area contributed by atoms with Crippen LogP contribution in [0.3, 0.4) is 0 Å². The summed E-state index contributed by atoms with van der Waals surface area (Å²) in [5.41, 5.74) is 0.225. The van der Waals surface area contributed by atoms with Crippen LogP contribution in [0.5, 0.6) is 0 Å². The summed E-state index contributed by atoms with van der Waals surface area (Å²) in [6.45, 7) is 0.541. The first-order valence-corrected chi connectivity index (χ1v) is 5.10. The number of hydrogen-bond acceptors (Lipinski definition) is 3. The number of aromatic nitrogens is 3. The van der Waals surface area contributed by atoms with Crippen LogP contribution in [0.4, 0.5) is 4.39 Å². The summed E-state index contributed by atoms with van der Waals surface area (Å²) in [7, 11) is 1.79. The fourth-order valence-corrected chi connectivity index (χ4v) is 1.61. The number of rotatable bonds is 3. The number of nitrogens with one attached hydrogen (secondary N) is 2. The van der Waals surface area contributed by atoms with Gasteiger partial charge in [-0.3, -0.25) is 5.10 Å². The maximum Gasteiger partial charge on any atom is 0.185 e. The summed E-state index contributed by atoms with van der Waals surface area (Å²) in [5, 5.41) is 9.86. The summed E-state index contributed by atoms with van der Waals surface area (Å²) in [5.74, 6) is 0.479. The minimum Gasteiger partial charge on any atom is -0.313 e. The molecule has 1 aromatic heterocycles. The van der Waals surface area contributed by atoms with E-state index in [4.69, 9.17) is 11.6 Å². The van der Waals surface area contributed by atoms with Crippen LogP contribution in [0.25, 0.3) is 11.4 Å². The third-order valence-corrected chi connectivity index (χ3v) is 2.38. The Balaban J connectivity index is 2.42. The number of aromatic amines is 1. The molecule has 0 atom stereocenters. The second-order valence-electron chi connectivity index (χ2n) is 3.23. The molecule has 0 saturated heterocycles. The highest BCUT2D eigenvalue weighted by atomic mass is 35.5. The van der Waals surface area contributed by atoms with E-state index in [1.165, 1.54) is 6.07 Å². The van der Waals surface area contributed by atoms with E-state index in [1.54, 1.807) is 19.2 Å². The monoisotopic (exact) mass is 240 g/mol. The molecule has 4 nitrogen and oxygen atoms in total. The fraction of sp³-hybridized carbons (Fsp3) is 0.200. The third-order valence-electron chi connectivity index (χ3n) is 2.06. The molecular formula is C10H10ClFN4. The smallest absolute Gasteiger partial charge is 0.185 e. The average Bonchev–Trinajstić information content (AvgIpc) is 2.67.